The lowest BCUT2D eigenvalue weighted by Crippen LogP contribution is -2.48. The monoisotopic (exact) mass is 362 g/mol. The first kappa shape index (κ1) is 17.2. The van der Waals surface area contributed by atoms with Gasteiger partial charge in [0.25, 0.3) is 0 Å². The molecule has 0 spiro atoms. The Balaban J connectivity index is 1.29. The van der Waals surface area contributed by atoms with Crippen molar-refractivity contribution in [2.75, 3.05) is 0 Å². The zero-order chi connectivity index (χ0) is 18.5. The minimum atomic E-state index is -0.417. The largest absolute Gasteiger partial charge is 0.299 e. The van der Waals surface area contributed by atoms with E-state index < -0.39 is 6.67 Å². The second-order valence-corrected chi connectivity index (χ2v) is 9.11. The highest BCUT2D eigenvalue weighted by atomic mass is 19.1. The van der Waals surface area contributed by atoms with Crippen LogP contribution in [-0.2, 0) is 16.9 Å². The van der Waals surface area contributed by atoms with Gasteiger partial charge >= 0.3 is 0 Å². The smallest absolute Gasteiger partial charge is 0.142 e. The maximum atomic E-state index is 13.4. The first-order chi connectivity index (χ1) is 13.2. The van der Waals surface area contributed by atoms with Crippen molar-refractivity contribution in [2.24, 2.45) is 11.3 Å². The Kier molecular flexibility index (Phi) is 4.00. The van der Waals surface area contributed by atoms with E-state index in [1.165, 1.54) is 11.1 Å². The standard InChI is InChI=1S/C25H27FO/c26-17-18-6-8-19(9-7-18)21-16-22(21)23(27)25-13-10-24(11-14-25,12-15-25)20-4-2-1-3-5-20/h1-9,21-22H,10-17H2. The molecule has 6 rings (SSSR count). The Bertz CT molecular complexity index is 814. The molecule has 0 saturated heterocycles. The molecule has 2 aromatic carbocycles. The summed E-state index contributed by atoms with van der Waals surface area (Å²) in [5, 5.41) is 0. The summed E-state index contributed by atoms with van der Waals surface area (Å²) in [4.78, 5) is 13.4. The predicted molar refractivity (Wildman–Crippen MR) is 105 cm³/mol. The fourth-order valence-electron chi connectivity index (χ4n) is 5.88. The topological polar surface area (TPSA) is 17.1 Å². The van der Waals surface area contributed by atoms with Crippen LogP contribution in [0.4, 0.5) is 4.39 Å². The second-order valence-electron chi connectivity index (χ2n) is 9.11. The first-order valence-electron chi connectivity index (χ1n) is 10.4. The van der Waals surface area contributed by atoms with Crippen LogP contribution in [0.25, 0.3) is 0 Å². The van der Waals surface area contributed by atoms with E-state index in [4.69, 9.17) is 0 Å². The molecular weight excluding hydrogens is 335 g/mol. The van der Waals surface area contributed by atoms with Gasteiger partial charge in [-0.25, -0.2) is 4.39 Å². The molecule has 4 saturated carbocycles. The molecule has 0 aliphatic heterocycles. The summed E-state index contributed by atoms with van der Waals surface area (Å²) in [6.07, 6.45) is 7.64. The van der Waals surface area contributed by atoms with Crippen molar-refractivity contribution in [1.82, 2.24) is 0 Å². The Morgan fingerprint density at radius 1 is 0.889 bits per heavy atom. The molecule has 0 aromatic heterocycles. The number of fused-ring (bicyclic) bond motifs is 3. The molecule has 0 N–H and O–H groups in total. The third kappa shape index (κ3) is 2.76. The van der Waals surface area contributed by atoms with Crippen LogP contribution in [0.15, 0.2) is 54.6 Å². The number of halogens is 1. The van der Waals surface area contributed by atoms with E-state index in [9.17, 15) is 9.18 Å². The maximum Gasteiger partial charge on any atom is 0.142 e. The van der Waals surface area contributed by atoms with Crippen LogP contribution in [0.2, 0.25) is 0 Å². The molecule has 2 aromatic rings. The number of alkyl halides is 1. The van der Waals surface area contributed by atoms with E-state index in [1.54, 1.807) is 0 Å². The molecule has 2 bridgehead atoms. The van der Waals surface area contributed by atoms with Crippen LogP contribution < -0.4 is 0 Å². The number of hydrogen-bond acceptors (Lipinski definition) is 1. The van der Waals surface area contributed by atoms with Crippen molar-refractivity contribution < 1.29 is 9.18 Å². The molecule has 0 heterocycles. The van der Waals surface area contributed by atoms with Gasteiger partial charge in [0, 0.05) is 11.3 Å². The van der Waals surface area contributed by atoms with Gasteiger partial charge in [0.1, 0.15) is 12.5 Å². The summed E-state index contributed by atoms with van der Waals surface area (Å²) in [6.45, 7) is -0.417. The van der Waals surface area contributed by atoms with Crippen LogP contribution in [-0.4, -0.2) is 5.78 Å². The van der Waals surface area contributed by atoms with Crippen molar-refractivity contribution in [3.05, 3.63) is 71.3 Å². The third-order valence-electron chi connectivity index (χ3n) is 7.84. The van der Waals surface area contributed by atoms with E-state index in [1.807, 2.05) is 24.3 Å². The summed E-state index contributed by atoms with van der Waals surface area (Å²) in [5.41, 5.74) is 3.66. The van der Waals surface area contributed by atoms with Crippen molar-refractivity contribution in [3.63, 3.8) is 0 Å². The average Bonchev–Trinajstić information content (AvgIpc) is 3.56. The highest BCUT2D eigenvalue weighted by Gasteiger charge is 2.57. The highest BCUT2D eigenvalue weighted by molar-refractivity contribution is 5.90. The quantitative estimate of drug-likeness (QED) is 0.626. The molecule has 1 nitrogen and oxygen atoms in total. The van der Waals surface area contributed by atoms with Gasteiger partial charge in [0.2, 0.25) is 0 Å². The summed E-state index contributed by atoms with van der Waals surface area (Å²) < 4.78 is 12.7. The Labute approximate surface area is 161 Å². The average molecular weight is 362 g/mol. The summed E-state index contributed by atoms with van der Waals surface area (Å²) in [7, 11) is 0. The van der Waals surface area contributed by atoms with Gasteiger partial charge in [0.05, 0.1) is 0 Å². The van der Waals surface area contributed by atoms with E-state index in [0.717, 1.165) is 50.5 Å². The number of rotatable bonds is 5. The minimum absolute atomic E-state index is 0.0607. The molecule has 140 valence electrons. The zero-order valence-electron chi connectivity index (χ0n) is 15.8. The van der Waals surface area contributed by atoms with Crippen molar-refractivity contribution in [1.29, 1.82) is 0 Å². The number of carbonyl (C=O) groups excluding carboxylic acids is 1. The number of hydrogen-bond donors (Lipinski definition) is 0. The van der Waals surface area contributed by atoms with Crippen LogP contribution >= 0.6 is 0 Å². The first-order valence-corrected chi connectivity index (χ1v) is 10.4. The van der Waals surface area contributed by atoms with Gasteiger partial charge in [-0.1, -0.05) is 54.6 Å². The summed E-state index contributed by atoms with van der Waals surface area (Å²) in [6, 6.07) is 18.7. The van der Waals surface area contributed by atoms with Crippen molar-refractivity contribution in [2.45, 2.75) is 63.0 Å². The Morgan fingerprint density at radius 3 is 2.11 bits per heavy atom. The maximum absolute atomic E-state index is 13.4. The molecule has 2 unspecified atom stereocenters. The molecule has 4 fully saturated rings. The number of Topliss-reactive ketones (excluding diaryl/α,β-unsaturated/α-hetero) is 1. The van der Waals surface area contributed by atoms with Gasteiger partial charge in [-0.2, -0.15) is 0 Å². The van der Waals surface area contributed by atoms with Crippen LogP contribution in [0, 0.1) is 11.3 Å². The molecule has 4 aliphatic carbocycles. The molecule has 0 radical (unpaired) electrons. The van der Waals surface area contributed by atoms with Crippen LogP contribution in [0.3, 0.4) is 0 Å². The number of carbonyl (C=O) groups is 1. The lowest BCUT2D eigenvalue weighted by atomic mass is 9.50. The molecule has 0 amide bonds. The summed E-state index contributed by atoms with van der Waals surface area (Å²) in [5.74, 6) is 1.09. The molecular formula is C25H27FO. The Hall–Kier alpha value is -1.96. The number of ketones is 1. The molecule has 2 heteroatoms. The van der Waals surface area contributed by atoms with E-state index in [2.05, 4.69) is 30.3 Å². The van der Waals surface area contributed by atoms with E-state index >= 15 is 0 Å². The normalized spacial score (nSPS) is 34.4. The molecule has 2 atom stereocenters. The van der Waals surface area contributed by atoms with Gasteiger partial charge < -0.3 is 0 Å². The molecule has 27 heavy (non-hydrogen) atoms. The van der Waals surface area contributed by atoms with E-state index in [-0.39, 0.29) is 11.3 Å². The van der Waals surface area contributed by atoms with Gasteiger partial charge in [0.15, 0.2) is 0 Å². The highest BCUT2D eigenvalue weighted by Crippen LogP contribution is 2.62. The number of benzene rings is 2. The van der Waals surface area contributed by atoms with Crippen LogP contribution in [0.5, 0.6) is 0 Å². The van der Waals surface area contributed by atoms with E-state index in [0.29, 0.717) is 17.1 Å². The fourth-order valence-corrected chi connectivity index (χ4v) is 5.88. The molecule has 4 aliphatic rings. The lowest BCUT2D eigenvalue weighted by molar-refractivity contribution is -0.137. The predicted octanol–water partition coefficient (Wildman–Crippen LogP) is 6.12. The SMILES string of the molecule is O=C(C1CC1c1ccc(CF)cc1)C12CCC(c3ccccc3)(CC1)CC2. The Morgan fingerprint density at radius 2 is 1.52 bits per heavy atom. The van der Waals surface area contributed by atoms with Crippen molar-refractivity contribution >= 4 is 5.78 Å². The van der Waals surface area contributed by atoms with Crippen molar-refractivity contribution in [3.8, 4) is 0 Å². The second kappa shape index (κ2) is 6.29. The fraction of sp³-hybridized carbons (Fsp3) is 0.480. The lowest BCUT2D eigenvalue weighted by Gasteiger charge is -2.53. The van der Waals surface area contributed by atoms with Crippen LogP contribution in [0.1, 0.15) is 67.6 Å². The minimum Gasteiger partial charge on any atom is -0.299 e. The van der Waals surface area contributed by atoms with Gasteiger partial charge in [-0.05, 0) is 73.0 Å². The third-order valence-corrected chi connectivity index (χ3v) is 7.84. The van der Waals surface area contributed by atoms with Gasteiger partial charge in [-0.15, -0.1) is 0 Å². The van der Waals surface area contributed by atoms with Gasteiger partial charge in [-0.3, -0.25) is 4.79 Å². The zero-order valence-corrected chi connectivity index (χ0v) is 15.8. The summed E-state index contributed by atoms with van der Waals surface area (Å²) >= 11 is 0.